The minimum absolute atomic E-state index is 0.124. The van der Waals surface area contributed by atoms with Crippen LogP contribution in [0.25, 0.3) is 0 Å². The van der Waals surface area contributed by atoms with Crippen LogP contribution in [-0.4, -0.2) is 26.1 Å². The fourth-order valence-electron chi connectivity index (χ4n) is 3.56. The zero-order valence-corrected chi connectivity index (χ0v) is 15.9. The maximum Gasteiger partial charge on any atom is 0.224 e. The van der Waals surface area contributed by atoms with E-state index in [2.05, 4.69) is 29.6 Å². The van der Waals surface area contributed by atoms with Crippen LogP contribution in [0.2, 0.25) is 0 Å². The summed E-state index contributed by atoms with van der Waals surface area (Å²) in [6.45, 7) is 4.09. The third-order valence-electron chi connectivity index (χ3n) is 5.11. The number of likely N-dealkylation sites (tertiary alicyclic amines) is 1. The van der Waals surface area contributed by atoms with Crippen LogP contribution in [0.15, 0.2) is 42.5 Å². The number of amides is 1. The van der Waals surface area contributed by atoms with Gasteiger partial charge in [-0.1, -0.05) is 30.3 Å². The summed E-state index contributed by atoms with van der Waals surface area (Å²) in [5.74, 6) is -0.388. The van der Waals surface area contributed by atoms with E-state index >= 15 is 0 Å². The van der Waals surface area contributed by atoms with E-state index in [-0.39, 0.29) is 18.1 Å². The molecule has 0 bridgehead atoms. The van der Waals surface area contributed by atoms with Crippen molar-refractivity contribution in [1.82, 2.24) is 5.32 Å². The summed E-state index contributed by atoms with van der Waals surface area (Å²) < 4.78 is 18.6. The van der Waals surface area contributed by atoms with Gasteiger partial charge in [0.1, 0.15) is 6.54 Å². The number of carbonyl (C=O) groups is 1. The van der Waals surface area contributed by atoms with Crippen molar-refractivity contribution in [2.24, 2.45) is 0 Å². The molecule has 1 heterocycles. The van der Waals surface area contributed by atoms with Crippen molar-refractivity contribution in [3.63, 3.8) is 0 Å². The molecule has 2 aromatic rings. The molecule has 3 rings (SSSR count). The lowest BCUT2D eigenvalue weighted by atomic mass is 10.1. The second-order valence-electron chi connectivity index (χ2n) is 7.23. The highest BCUT2D eigenvalue weighted by atomic mass is 19.1. The molecule has 0 saturated carbocycles. The van der Waals surface area contributed by atoms with Crippen LogP contribution in [0.1, 0.15) is 36.0 Å². The first-order valence-electron chi connectivity index (χ1n) is 9.64. The van der Waals surface area contributed by atoms with E-state index in [9.17, 15) is 9.18 Å². The second kappa shape index (κ2) is 9.51. The smallest absolute Gasteiger partial charge is 0.224 e. The molecule has 1 amide bonds. The van der Waals surface area contributed by atoms with Crippen molar-refractivity contribution in [3.8, 4) is 5.75 Å². The number of rotatable bonds is 7. The van der Waals surface area contributed by atoms with E-state index in [1.165, 1.54) is 51.1 Å². The largest absolute Gasteiger partial charge is 0.494 e. The fourth-order valence-corrected chi connectivity index (χ4v) is 3.56. The summed E-state index contributed by atoms with van der Waals surface area (Å²) in [7, 11) is 1.42. The first-order chi connectivity index (χ1) is 13.1. The van der Waals surface area contributed by atoms with Crippen molar-refractivity contribution in [3.05, 3.63) is 65.0 Å². The molecule has 144 valence electrons. The number of nitrogens with one attached hydrogen (secondary N) is 2. The van der Waals surface area contributed by atoms with Crippen molar-refractivity contribution in [1.29, 1.82) is 0 Å². The van der Waals surface area contributed by atoms with Crippen LogP contribution < -0.4 is 15.0 Å². The Morgan fingerprint density at radius 2 is 1.70 bits per heavy atom. The molecule has 0 atom stereocenters. The molecule has 1 aliphatic rings. The van der Waals surface area contributed by atoms with E-state index in [1.54, 1.807) is 17.0 Å². The lowest BCUT2D eigenvalue weighted by Crippen LogP contribution is -3.11. The predicted molar refractivity (Wildman–Crippen MR) is 103 cm³/mol. The normalized spacial score (nSPS) is 14.7. The second-order valence-corrected chi connectivity index (χ2v) is 7.23. The van der Waals surface area contributed by atoms with Gasteiger partial charge in [0.05, 0.1) is 26.6 Å². The molecule has 0 aliphatic carbocycles. The Bertz CT molecular complexity index is 755. The fraction of sp³-hybridized carbons (Fsp3) is 0.409. The molecular weight excluding hydrogens is 343 g/mol. The van der Waals surface area contributed by atoms with Crippen LogP contribution >= 0.6 is 0 Å². The lowest BCUT2D eigenvalue weighted by molar-refractivity contribution is -0.918. The molecule has 1 aliphatic heterocycles. The van der Waals surface area contributed by atoms with Gasteiger partial charge in [0.2, 0.25) is 5.91 Å². The van der Waals surface area contributed by atoms with Crippen LogP contribution in [0, 0.1) is 5.82 Å². The Morgan fingerprint density at radius 1 is 1.04 bits per heavy atom. The summed E-state index contributed by atoms with van der Waals surface area (Å²) in [5.41, 5.74) is 3.04. The van der Waals surface area contributed by atoms with Gasteiger partial charge in [-0.3, -0.25) is 4.79 Å². The molecule has 2 aromatic carbocycles. The Balaban J connectivity index is 1.46. The van der Waals surface area contributed by atoms with Crippen LogP contribution in [-0.2, 0) is 24.3 Å². The first-order valence-corrected chi connectivity index (χ1v) is 9.64. The molecule has 1 fully saturated rings. The summed E-state index contributed by atoms with van der Waals surface area (Å²) in [6.07, 6.45) is 4.18. The average Bonchev–Trinajstić information content (AvgIpc) is 2.68. The molecule has 1 saturated heterocycles. The monoisotopic (exact) mass is 371 g/mol. The van der Waals surface area contributed by atoms with E-state index in [0.29, 0.717) is 12.1 Å². The van der Waals surface area contributed by atoms with Gasteiger partial charge >= 0.3 is 0 Å². The molecule has 0 spiro atoms. The minimum Gasteiger partial charge on any atom is -0.494 e. The zero-order chi connectivity index (χ0) is 19.1. The Morgan fingerprint density at radius 3 is 2.37 bits per heavy atom. The van der Waals surface area contributed by atoms with Gasteiger partial charge in [-0.25, -0.2) is 4.39 Å². The van der Waals surface area contributed by atoms with Gasteiger partial charge < -0.3 is 15.0 Å². The minimum atomic E-state index is -0.450. The summed E-state index contributed by atoms with van der Waals surface area (Å²) in [4.78, 5) is 13.8. The quantitative estimate of drug-likeness (QED) is 0.784. The Kier molecular flexibility index (Phi) is 6.82. The highest BCUT2D eigenvalue weighted by Crippen LogP contribution is 2.18. The average molecular weight is 371 g/mol. The molecule has 2 N–H and O–H groups in total. The number of hydrogen-bond donors (Lipinski definition) is 2. The summed E-state index contributed by atoms with van der Waals surface area (Å²) >= 11 is 0. The highest BCUT2D eigenvalue weighted by molar-refractivity contribution is 5.78. The van der Waals surface area contributed by atoms with E-state index in [1.807, 2.05) is 0 Å². The molecular formula is C22H28FN2O2+. The molecule has 0 radical (unpaired) electrons. The number of halogens is 1. The van der Waals surface area contributed by atoms with Gasteiger partial charge in [0.25, 0.3) is 0 Å². The lowest BCUT2D eigenvalue weighted by Gasteiger charge is -2.23. The van der Waals surface area contributed by atoms with Gasteiger partial charge in [-0.05, 0) is 42.5 Å². The maximum absolute atomic E-state index is 13.7. The number of carbonyl (C=O) groups excluding carboxylic acids is 1. The topological polar surface area (TPSA) is 42.8 Å². The predicted octanol–water partition coefficient (Wildman–Crippen LogP) is 2.26. The molecule has 0 unspecified atom stereocenters. The summed E-state index contributed by atoms with van der Waals surface area (Å²) in [5, 5.41) is 2.90. The highest BCUT2D eigenvalue weighted by Gasteiger charge is 2.13. The zero-order valence-electron chi connectivity index (χ0n) is 15.9. The Hall–Kier alpha value is -2.40. The maximum atomic E-state index is 13.7. The van der Waals surface area contributed by atoms with E-state index < -0.39 is 5.82 Å². The van der Waals surface area contributed by atoms with Crippen molar-refractivity contribution in [2.45, 2.75) is 38.8 Å². The third kappa shape index (κ3) is 5.79. The molecule has 4 nitrogen and oxygen atoms in total. The van der Waals surface area contributed by atoms with Crippen molar-refractivity contribution >= 4 is 5.91 Å². The van der Waals surface area contributed by atoms with Gasteiger partial charge in [-0.2, -0.15) is 0 Å². The number of methoxy groups -OCH3 is 1. The first kappa shape index (κ1) is 19.4. The molecule has 27 heavy (non-hydrogen) atoms. The van der Waals surface area contributed by atoms with Crippen molar-refractivity contribution in [2.75, 3.05) is 20.2 Å². The number of benzene rings is 2. The molecule has 0 aromatic heterocycles. The van der Waals surface area contributed by atoms with E-state index in [4.69, 9.17) is 4.74 Å². The van der Waals surface area contributed by atoms with Crippen molar-refractivity contribution < 1.29 is 18.8 Å². The Labute approximate surface area is 160 Å². The third-order valence-corrected chi connectivity index (χ3v) is 5.11. The van der Waals surface area contributed by atoms with Gasteiger partial charge in [0.15, 0.2) is 11.6 Å². The summed E-state index contributed by atoms with van der Waals surface area (Å²) in [6, 6.07) is 13.1. The number of piperidine rings is 1. The standard InChI is InChI=1S/C22H27FN2O2/c1-27-21-10-9-19(13-20(21)23)14-22(26)24-15-17-5-7-18(8-6-17)16-25-11-3-2-4-12-25/h5-10,13H,2-4,11-12,14-16H2,1H3,(H,24,26)/p+1. The number of ether oxygens (including phenoxy) is 1. The number of quaternary nitrogens is 1. The van der Waals surface area contributed by atoms with Gasteiger partial charge in [-0.15, -0.1) is 0 Å². The van der Waals surface area contributed by atoms with Crippen LogP contribution in [0.4, 0.5) is 4.39 Å². The van der Waals surface area contributed by atoms with Gasteiger partial charge in [0, 0.05) is 12.1 Å². The van der Waals surface area contributed by atoms with Crippen LogP contribution in [0.3, 0.4) is 0 Å². The SMILES string of the molecule is COc1ccc(CC(=O)NCc2ccc(C[NH+]3CCCCC3)cc2)cc1F. The molecule has 5 heteroatoms. The van der Waals surface area contributed by atoms with Crippen LogP contribution in [0.5, 0.6) is 5.75 Å². The number of hydrogen-bond acceptors (Lipinski definition) is 2. The van der Waals surface area contributed by atoms with E-state index in [0.717, 1.165) is 12.1 Å².